The molecule has 0 saturated carbocycles. The molecule has 0 saturated heterocycles. The number of hydrogen-bond donors (Lipinski definition) is 2. The number of nitrogens with one attached hydrogen (secondary N) is 1. The van der Waals surface area contributed by atoms with Gasteiger partial charge in [0.15, 0.2) is 0 Å². The average molecular weight is 164 g/mol. The van der Waals surface area contributed by atoms with Crippen molar-refractivity contribution in [1.82, 2.24) is 0 Å². The molecule has 0 bridgehead atoms. The van der Waals surface area contributed by atoms with E-state index in [1.807, 2.05) is 0 Å². The summed E-state index contributed by atoms with van der Waals surface area (Å²) in [7, 11) is 0. The zero-order valence-corrected chi connectivity index (χ0v) is 6.32. The van der Waals surface area contributed by atoms with Crippen LogP contribution in [0.4, 0.5) is 5.69 Å². The van der Waals surface area contributed by atoms with E-state index in [9.17, 15) is 4.91 Å². The van der Waals surface area contributed by atoms with E-state index < -0.39 is 0 Å². The van der Waals surface area contributed by atoms with E-state index in [0.29, 0.717) is 11.3 Å². The highest BCUT2D eigenvalue weighted by Gasteiger charge is 1.95. The summed E-state index contributed by atoms with van der Waals surface area (Å²) in [6.45, 7) is 3.35. The molecule has 0 aliphatic heterocycles. The molecule has 0 aliphatic rings. The molecule has 0 unspecified atom stereocenters. The van der Waals surface area contributed by atoms with E-state index in [1.165, 1.54) is 0 Å². The van der Waals surface area contributed by atoms with Crippen molar-refractivity contribution >= 4 is 11.4 Å². The molecule has 0 amide bonds. The van der Waals surface area contributed by atoms with E-state index in [4.69, 9.17) is 5.11 Å². The lowest BCUT2D eigenvalue weighted by Gasteiger charge is -1.99. The van der Waals surface area contributed by atoms with Crippen molar-refractivity contribution in [3.05, 3.63) is 41.3 Å². The largest absolute Gasteiger partial charge is 0.508 e. The Morgan fingerprint density at radius 2 is 2.00 bits per heavy atom. The van der Waals surface area contributed by atoms with Gasteiger partial charge in [0.1, 0.15) is 5.76 Å². The standard InChI is InChI=1S/C8H8N2O2/c1-6(11)7-2-4-8(5-3-7)9-10-12/h2-5,11H,1H2,(H,9,12). The predicted octanol–water partition coefficient (Wildman–Crippen LogP) is 2.31. The van der Waals surface area contributed by atoms with Gasteiger partial charge in [0.05, 0.1) is 11.0 Å². The normalized spacial score (nSPS) is 9.00. The highest BCUT2D eigenvalue weighted by atomic mass is 16.3. The van der Waals surface area contributed by atoms with Gasteiger partial charge in [-0.2, -0.15) is 0 Å². The molecule has 0 atom stereocenters. The molecule has 4 nitrogen and oxygen atoms in total. The molecule has 1 aromatic carbocycles. The summed E-state index contributed by atoms with van der Waals surface area (Å²) in [5, 5.41) is 11.4. The molecule has 4 heteroatoms. The Bertz CT molecular complexity index is 292. The number of rotatable bonds is 3. The van der Waals surface area contributed by atoms with Gasteiger partial charge in [0.2, 0.25) is 0 Å². The predicted molar refractivity (Wildman–Crippen MR) is 47.5 cm³/mol. The summed E-state index contributed by atoms with van der Waals surface area (Å²) in [4.78, 5) is 9.77. The summed E-state index contributed by atoms with van der Waals surface area (Å²) in [6, 6.07) is 6.52. The number of nitroso groups, excluding NO2 is 1. The Morgan fingerprint density at radius 1 is 1.42 bits per heavy atom. The molecule has 0 radical (unpaired) electrons. The molecule has 0 fully saturated rings. The van der Waals surface area contributed by atoms with E-state index in [0.717, 1.165) is 0 Å². The van der Waals surface area contributed by atoms with E-state index in [2.05, 4.69) is 17.3 Å². The lowest BCUT2D eigenvalue weighted by atomic mass is 10.2. The first kappa shape index (κ1) is 8.26. The molecule has 1 aromatic rings. The van der Waals surface area contributed by atoms with E-state index in [-0.39, 0.29) is 5.76 Å². The fourth-order valence-corrected chi connectivity index (χ4v) is 0.790. The Hall–Kier alpha value is -1.84. The third kappa shape index (κ3) is 1.82. The van der Waals surface area contributed by atoms with Gasteiger partial charge < -0.3 is 5.11 Å². The second-order valence-electron chi connectivity index (χ2n) is 2.23. The first-order valence-electron chi connectivity index (χ1n) is 3.30. The number of benzene rings is 1. The van der Waals surface area contributed by atoms with Gasteiger partial charge >= 0.3 is 0 Å². The SMILES string of the molecule is C=C(O)c1ccc(NN=O)cc1. The molecule has 1 rings (SSSR count). The van der Waals surface area contributed by atoms with Crippen molar-refractivity contribution < 1.29 is 5.11 Å². The van der Waals surface area contributed by atoms with Gasteiger partial charge in [0, 0.05) is 5.56 Å². The summed E-state index contributed by atoms with van der Waals surface area (Å²) >= 11 is 0. The van der Waals surface area contributed by atoms with Crippen molar-refractivity contribution in [2.75, 3.05) is 5.43 Å². The third-order valence-corrected chi connectivity index (χ3v) is 1.39. The van der Waals surface area contributed by atoms with Crippen LogP contribution in [0.5, 0.6) is 0 Å². The van der Waals surface area contributed by atoms with Crippen LogP contribution in [-0.4, -0.2) is 5.11 Å². The minimum atomic E-state index is 0.000567. The maximum absolute atomic E-state index is 9.77. The average Bonchev–Trinajstić information content (AvgIpc) is 2.06. The number of nitrogens with zero attached hydrogens (tertiary/aromatic N) is 1. The summed E-state index contributed by atoms with van der Waals surface area (Å²) < 4.78 is 0. The van der Waals surface area contributed by atoms with E-state index >= 15 is 0 Å². The fraction of sp³-hybridized carbons (Fsp3) is 0. The number of aliphatic hydroxyl groups excluding tert-OH is 1. The van der Waals surface area contributed by atoms with Crippen LogP contribution in [0.1, 0.15) is 5.56 Å². The van der Waals surface area contributed by atoms with Crippen LogP contribution in [0.15, 0.2) is 36.1 Å². The molecule has 0 aromatic heterocycles. The second-order valence-corrected chi connectivity index (χ2v) is 2.23. The fourth-order valence-electron chi connectivity index (χ4n) is 0.790. The van der Waals surface area contributed by atoms with Crippen molar-refractivity contribution in [3.63, 3.8) is 0 Å². The smallest absolute Gasteiger partial charge is 0.115 e. The van der Waals surface area contributed by atoms with Crippen LogP contribution >= 0.6 is 0 Å². The first-order chi connectivity index (χ1) is 5.74. The van der Waals surface area contributed by atoms with Gasteiger partial charge in [-0.05, 0) is 24.3 Å². The van der Waals surface area contributed by atoms with Crippen LogP contribution < -0.4 is 5.43 Å². The summed E-state index contributed by atoms with van der Waals surface area (Å²) in [5.41, 5.74) is 3.43. The van der Waals surface area contributed by atoms with Crippen LogP contribution in [0.25, 0.3) is 5.76 Å². The molecular weight excluding hydrogens is 156 g/mol. The highest BCUT2D eigenvalue weighted by molar-refractivity contribution is 5.59. The zero-order chi connectivity index (χ0) is 8.97. The number of aliphatic hydroxyl groups is 1. The molecule has 62 valence electrons. The van der Waals surface area contributed by atoms with E-state index in [1.54, 1.807) is 24.3 Å². The minimum absolute atomic E-state index is 0.000567. The Morgan fingerprint density at radius 3 is 2.42 bits per heavy atom. The number of hydrogen-bond acceptors (Lipinski definition) is 3. The topological polar surface area (TPSA) is 61.7 Å². The molecular formula is C8H8N2O2. The molecule has 2 N–H and O–H groups in total. The third-order valence-electron chi connectivity index (χ3n) is 1.39. The van der Waals surface area contributed by atoms with Gasteiger partial charge in [0.25, 0.3) is 0 Å². The summed E-state index contributed by atoms with van der Waals surface area (Å²) in [5.74, 6) is 0.000567. The molecule has 0 heterocycles. The maximum atomic E-state index is 9.77. The summed E-state index contributed by atoms with van der Waals surface area (Å²) in [6.07, 6.45) is 0. The van der Waals surface area contributed by atoms with Crippen molar-refractivity contribution in [1.29, 1.82) is 0 Å². The highest BCUT2D eigenvalue weighted by Crippen LogP contribution is 2.13. The lowest BCUT2D eigenvalue weighted by Crippen LogP contribution is -1.86. The van der Waals surface area contributed by atoms with Gasteiger partial charge in [-0.25, -0.2) is 5.43 Å². The Kier molecular flexibility index (Phi) is 2.42. The zero-order valence-electron chi connectivity index (χ0n) is 6.32. The quantitative estimate of drug-likeness (QED) is 0.409. The lowest BCUT2D eigenvalue weighted by molar-refractivity contribution is 0.514. The van der Waals surface area contributed by atoms with Crippen LogP contribution in [-0.2, 0) is 0 Å². The molecule has 0 spiro atoms. The van der Waals surface area contributed by atoms with Crippen molar-refractivity contribution in [2.45, 2.75) is 0 Å². The molecule has 0 aliphatic carbocycles. The van der Waals surface area contributed by atoms with Crippen LogP contribution in [0.2, 0.25) is 0 Å². The van der Waals surface area contributed by atoms with Gasteiger partial charge in [-0.3, -0.25) is 0 Å². The van der Waals surface area contributed by atoms with Crippen LogP contribution in [0.3, 0.4) is 0 Å². The van der Waals surface area contributed by atoms with Crippen molar-refractivity contribution in [2.24, 2.45) is 5.29 Å². The van der Waals surface area contributed by atoms with Gasteiger partial charge in [-0.1, -0.05) is 6.58 Å². The van der Waals surface area contributed by atoms with Crippen LogP contribution in [0, 0.1) is 4.91 Å². The first-order valence-corrected chi connectivity index (χ1v) is 3.30. The van der Waals surface area contributed by atoms with Crippen molar-refractivity contribution in [3.8, 4) is 0 Å². The second kappa shape index (κ2) is 3.52. The monoisotopic (exact) mass is 164 g/mol. The Balaban J connectivity index is 2.85. The maximum Gasteiger partial charge on any atom is 0.115 e. The minimum Gasteiger partial charge on any atom is -0.508 e. The number of anilines is 1. The van der Waals surface area contributed by atoms with Gasteiger partial charge in [-0.15, -0.1) is 4.91 Å². The Labute approximate surface area is 69.5 Å². The molecule has 12 heavy (non-hydrogen) atoms.